The summed E-state index contributed by atoms with van der Waals surface area (Å²) in [7, 11) is 1.61. The number of thioether (sulfide) groups is 1. The Kier molecular flexibility index (Phi) is 5.41. The Morgan fingerprint density at radius 2 is 2.14 bits per heavy atom. The number of benzene rings is 1. The van der Waals surface area contributed by atoms with Gasteiger partial charge in [0.25, 0.3) is 5.91 Å². The standard InChI is InChI=1S/C15H19N3O2S/c1-11(10-20-2)17-14(19)13-9-16-15(21-3)18(13)12-7-5-4-6-8-12/h4-9,11H,10H2,1-3H3,(H,17,19). The van der Waals surface area contributed by atoms with Crippen LogP contribution in [0.2, 0.25) is 0 Å². The number of nitrogens with one attached hydrogen (secondary N) is 1. The van der Waals surface area contributed by atoms with Crippen molar-refractivity contribution >= 4 is 17.7 Å². The van der Waals surface area contributed by atoms with Crippen LogP contribution in [0.4, 0.5) is 0 Å². The molecule has 1 atom stereocenters. The lowest BCUT2D eigenvalue weighted by Crippen LogP contribution is -2.36. The number of methoxy groups -OCH3 is 1. The van der Waals surface area contributed by atoms with Crippen LogP contribution in [0.5, 0.6) is 0 Å². The first-order valence-electron chi connectivity index (χ1n) is 6.64. The lowest BCUT2D eigenvalue weighted by Gasteiger charge is -2.14. The number of carbonyl (C=O) groups is 1. The largest absolute Gasteiger partial charge is 0.383 e. The average Bonchev–Trinajstić information content (AvgIpc) is 2.92. The highest BCUT2D eigenvalue weighted by atomic mass is 32.2. The van der Waals surface area contributed by atoms with Gasteiger partial charge < -0.3 is 10.1 Å². The molecule has 0 fully saturated rings. The molecule has 1 aromatic carbocycles. The lowest BCUT2D eigenvalue weighted by molar-refractivity contribution is 0.0898. The van der Waals surface area contributed by atoms with Crippen molar-refractivity contribution in [2.75, 3.05) is 20.0 Å². The van der Waals surface area contributed by atoms with E-state index in [1.54, 1.807) is 13.3 Å². The third kappa shape index (κ3) is 3.65. The summed E-state index contributed by atoms with van der Waals surface area (Å²) in [6, 6.07) is 9.68. The molecule has 1 unspecified atom stereocenters. The van der Waals surface area contributed by atoms with Crippen molar-refractivity contribution in [3.8, 4) is 5.69 Å². The van der Waals surface area contributed by atoms with Crippen LogP contribution in [-0.2, 0) is 4.74 Å². The molecule has 5 nitrogen and oxygen atoms in total. The van der Waals surface area contributed by atoms with Gasteiger partial charge in [-0.05, 0) is 25.3 Å². The third-order valence-corrected chi connectivity index (χ3v) is 3.61. The van der Waals surface area contributed by atoms with Gasteiger partial charge in [0.05, 0.1) is 12.8 Å². The summed E-state index contributed by atoms with van der Waals surface area (Å²) in [6.07, 6.45) is 3.55. The maximum atomic E-state index is 12.4. The van der Waals surface area contributed by atoms with Crippen LogP contribution in [0, 0.1) is 0 Å². The van der Waals surface area contributed by atoms with Gasteiger partial charge in [-0.15, -0.1) is 0 Å². The van der Waals surface area contributed by atoms with Crippen molar-refractivity contribution in [3.05, 3.63) is 42.2 Å². The lowest BCUT2D eigenvalue weighted by atomic mass is 10.3. The van der Waals surface area contributed by atoms with Gasteiger partial charge in [0.2, 0.25) is 0 Å². The minimum absolute atomic E-state index is 0.0562. The monoisotopic (exact) mass is 305 g/mol. The van der Waals surface area contributed by atoms with E-state index in [-0.39, 0.29) is 11.9 Å². The molecule has 1 heterocycles. The number of amides is 1. The zero-order valence-electron chi connectivity index (χ0n) is 12.4. The van der Waals surface area contributed by atoms with E-state index >= 15 is 0 Å². The highest BCUT2D eigenvalue weighted by Crippen LogP contribution is 2.21. The van der Waals surface area contributed by atoms with Gasteiger partial charge in [0, 0.05) is 18.8 Å². The summed E-state index contributed by atoms with van der Waals surface area (Å²) < 4.78 is 6.90. The normalized spacial score (nSPS) is 12.1. The van der Waals surface area contributed by atoms with E-state index in [0.29, 0.717) is 12.3 Å². The van der Waals surface area contributed by atoms with E-state index in [0.717, 1.165) is 10.8 Å². The van der Waals surface area contributed by atoms with Crippen LogP contribution < -0.4 is 5.32 Å². The quantitative estimate of drug-likeness (QED) is 0.832. The van der Waals surface area contributed by atoms with Gasteiger partial charge in [0.1, 0.15) is 5.69 Å². The zero-order chi connectivity index (χ0) is 15.2. The fourth-order valence-corrected chi connectivity index (χ4v) is 2.60. The molecule has 2 aromatic rings. The summed E-state index contributed by atoms with van der Waals surface area (Å²) in [5.74, 6) is -0.156. The smallest absolute Gasteiger partial charge is 0.270 e. The summed E-state index contributed by atoms with van der Waals surface area (Å²) in [4.78, 5) is 16.7. The van der Waals surface area contributed by atoms with Crippen molar-refractivity contribution in [3.63, 3.8) is 0 Å². The molecule has 112 valence electrons. The summed E-state index contributed by atoms with van der Waals surface area (Å²) in [5, 5.41) is 3.69. The summed E-state index contributed by atoms with van der Waals surface area (Å²) >= 11 is 1.50. The Labute approximate surface area is 128 Å². The van der Waals surface area contributed by atoms with Crippen molar-refractivity contribution in [1.82, 2.24) is 14.9 Å². The minimum Gasteiger partial charge on any atom is -0.383 e. The zero-order valence-corrected chi connectivity index (χ0v) is 13.2. The first kappa shape index (κ1) is 15.6. The maximum absolute atomic E-state index is 12.4. The number of carbonyl (C=O) groups excluding carboxylic acids is 1. The van der Waals surface area contributed by atoms with E-state index in [1.807, 2.05) is 48.1 Å². The van der Waals surface area contributed by atoms with Gasteiger partial charge in [-0.3, -0.25) is 9.36 Å². The van der Waals surface area contributed by atoms with Crippen LogP contribution in [0.1, 0.15) is 17.4 Å². The number of aromatic nitrogens is 2. The van der Waals surface area contributed by atoms with Crippen molar-refractivity contribution in [2.45, 2.75) is 18.1 Å². The molecule has 1 N–H and O–H groups in total. The number of hydrogen-bond donors (Lipinski definition) is 1. The Morgan fingerprint density at radius 1 is 1.43 bits per heavy atom. The van der Waals surface area contributed by atoms with Crippen molar-refractivity contribution in [1.29, 1.82) is 0 Å². The number of imidazole rings is 1. The Hall–Kier alpha value is -1.79. The molecule has 0 bridgehead atoms. The molecule has 0 aliphatic rings. The molecular weight excluding hydrogens is 286 g/mol. The maximum Gasteiger partial charge on any atom is 0.270 e. The second-order valence-electron chi connectivity index (χ2n) is 4.63. The fraction of sp³-hybridized carbons (Fsp3) is 0.333. The predicted molar refractivity (Wildman–Crippen MR) is 84.1 cm³/mol. The molecule has 0 saturated carbocycles. The number of rotatable bonds is 6. The van der Waals surface area contributed by atoms with E-state index in [4.69, 9.17) is 4.74 Å². The van der Waals surface area contributed by atoms with E-state index in [1.165, 1.54) is 11.8 Å². The third-order valence-electron chi connectivity index (χ3n) is 2.95. The molecular formula is C15H19N3O2S. The van der Waals surface area contributed by atoms with Crippen molar-refractivity contribution in [2.24, 2.45) is 0 Å². The number of ether oxygens (including phenoxy) is 1. The van der Waals surface area contributed by atoms with Crippen LogP contribution in [0.15, 0.2) is 41.7 Å². The molecule has 2 rings (SSSR count). The molecule has 0 spiro atoms. The number of hydrogen-bond acceptors (Lipinski definition) is 4. The van der Waals surface area contributed by atoms with Gasteiger partial charge in [-0.25, -0.2) is 4.98 Å². The molecule has 0 aliphatic carbocycles. The van der Waals surface area contributed by atoms with Crippen LogP contribution in [0.3, 0.4) is 0 Å². The molecule has 0 aliphatic heterocycles. The van der Waals surface area contributed by atoms with Crippen LogP contribution in [0.25, 0.3) is 5.69 Å². The molecule has 1 amide bonds. The Morgan fingerprint density at radius 3 is 2.76 bits per heavy atom. The van der Waals surface area contributed by atoms with Gasteiger partial charge >= 0.3 is 0 Å². The average molecular weight is 305 g/mol. The van der Waals surface area contributed by atoms with E-state index in [9.17, 15) is 4.79 Å². The Balaban J connectivity index is 2.32. The SMILES string of the molecule is COCC(C)NC(=O)c1cnc(SC)n1-c1ccccc1. The first-order valence-corrected chi connectivity index (χ1v) is 7.86. The topological polar surface area (TPSA) is 56.1 Å². The van der Waals surface area contributed by atoms with Crippen molar-refractivity contribution < 1.29 is 9.53 Å². The summed E-state index contributed by atoms with van der Waals surface area (Å²) in [6.45, 7) is 2.38. The van der Waals surface area contributed by atoms with Crippen LogP contribution >= 0.6 is 11.8 Å². The highest BCUT2D eigenvalue weighted by Gasteiger charge is 2.18. The molecule has 0 radical (unpaired) electrons. The predicted octanol–water partition coefficient (Wildman–Crippen LogP) is 2.36. The fourth-order valence-electron chi connectivity index (χ4n) is 2.06. The number of para-hydroxylation sites is 1. The Bertz CT molecular complexity index is 598. The van der Waals surface area contributed by atoms with Gasteiger partial charge in [-0.2, -0.15) is 0 Å². The van der Waals surface area contributed by atoms with E-state index < -0.39 is 0 Å². The highest BCUT2D eigenvalue weighted by molar-refractivity contribution is 7.98. The van der Waals surface area contributed by atoms with Crippen LogP contribution in [-0.4, -0.2) is 41.5 Å². The summed E-state index contributed by atoms with van der Waals surface area (Å²) in [5.41, 5.74) is 1.44. The number of nitrogens with zero attached hydrogens (tertiary/aromatic N) is 2. The van der Waals surface area contributed by atoms with Gasteiger partial charge in [-0.1, -0.05) is 30.0 Å². The molecule has 21 heavy (non-hydrogen) atoms. The first-order chi connectivity index (χ1) is 10.2. The van der Waals surface area contributed by atoms with Gasteiger partial charge in [0.15, 0.2) is 5.16 Å². The second-order valence-corrected chi connectivity index (χ2v) is 5.40. The molecule has 6 heteroatoms. The molecule has 1 aromatic heterocycles. The minimum atomic E-state index is -0.156. The van der Waals surface area contributed by atoms with E-state index in [2.05, 4.69) is 10.3 Å². The molecule has 0 saturated heterocycles. The second kappa shape index (κ2) is 7.28.